The van der Waals surface area contributed by atoms with E-state index >= 15 is 0 Å². The maximum absolute atomic E-state index is 12.2. The minimum atomic E-state index is -1.43. The van der Waals surface area contributed by atoms with Crippen molar-refractivity contribution in [1.29, 1.82) is 0 Å². The third-order valence-corrected chi connectivity index (χ3v) is 4.01. The number of hydrogen-bond acceptors (Lipinski definition) is 7. The van der Waals surface area contributed by atoms with Crippen LogP contribution < -0.4 is 16.4 Å². The van der Waals surface area contributed by atoms with Gasteiger partial charge in [0.1, 0.15) is 12.1 Å². The van der Waals surface area contributed by atoms with Crippen LogP contribution >= 0.6 is 12.6 Å². The fraction of sp³-hybridized carbons (Fsp3) is 0.692. The first-order valence-corrected chi connectivity index (χ1v) is 8.02. The van der Waals surface area contributed by atoms with Crippen LogP contribution in [0.15, 0.2) is 0 Å². The Morgan fingerprint density at radius 3 is 2.54 bits per heavy atom. The number of carbonyl (C=O) groups is 4. The van der Waals surface area contributed by atoms with Crippen molar-refractivity contribution in [2.75, 3.05) is 25.4 Å². The molecule has 0 aromatic rings. The summed E-state index contributed by atoms with van der Waals surface area (Å²) in [6, 6.07) is -3.09. The Kier molecular flexibility index (Phi) is 7.95. The monoisotopic (exact) mass is 362 g/mol. The van der Waals surface area contributed by atoms with Crippen molar-refractivity contribution in [3.63, 3.8) is 0 Å². The maximum atomic E-state index is 12.2. The summed E-state index contributed by atoms with van der Waals surface area (Å²) in [7, 11) is 0. The summed E-state index contributed by atoms with van der Waals surface area (Å²) < 4.78 is 0. The van der Waals surface area contributed by atoms with E-state index in [9.17, 15) is 19.2 Å². The summed E-state index contributed by atoms with van der Waals surface area (Å²) in [5, 5.41) is 22.3. The predicted octanol–water partition coefficient (Wildman–Crippen LogP) is -3.09. The van der Waals surface area contributed by atoms with Crippen LogP contribution in [0.3, 0.4) is 0 Å². The van der Waals surface area contributed by atoms with Crippen molar-refractivity contribution in [1.82, 2.24) is 15.5 Å². The second-order valence-corrected chi connectivity index (χ2v) is 5.70. The summed E-state index contributed by atoms with van der Waals surface area (Å²) >= 11 is 3.88. The number of nitrogens with one attached hydrogen (secondary N) is 2. The average Bonchev–Trinajstić information content (AvgIpc) is 3.05. The molecule has 11 heteroatoms. The lowest BCUT2D eigenvalue weighted by molar-refractivity contribution is -0.144. The standard InChI is InChI=1S/C13H22N4O6S/c14-7(6-24)11(20)15-4-10(19)17-3-1-2-9(17)12(21)16-8(5-18)13(22)23/h7-9,18,24H,1-6,14H2,(H,15,20)(H,16,21)(H,22,23). The van der Waals surface area contributed by atoms with Crippen LogP contribution in [0.1, 0.15) is 12.8 Å². The minimum Gasteiger partial charge on any atom is -0.480 e. The van der Waals surface area contributed by atoms with Crippen molar-refractivity contribution in [2.24, 2.45) is 5.73 Å². The molecule has 1 saturated heterocycles. The highest BCUT2D eigenvalue weighted by Gasteiger charge is 2.35. The molecule has 3 unspecified atom stereocenters. The molecule has 1 fully saturated rings. The van der Waals surface area contributed by atoms with Gasteiger partial charge in [-0.25, -0.2) is 4.79 Å². The summed E-state index contributed by atoms with van der Waals surface area (Å²) in [5.41, 5.74) is 5.47. The van der Waals surface area contributed by atoms with Crippen molar-refractivity contribution in [2.45, 2.75) is 31.0 Å². The van der Waals surface area contributed by atoms with Crippen LogP contribution in [-0.4, -0.2) is 82.4 Å². The molecule has 0 aliphatic carbocycles. The Bertz CT molecular complexity index is 503. The highest BCUT2D eigenvalue weighted by Crippen LogP contribution is 2.17. The number of aliphatic hydroxyl groups is 1. The average molecular weight is 362 g/mol. The van der Waals surface area contributed by atoms with Crippen molar-refractivity contribution < 1.29 is 29.4 Å². The van der Waals surface area contributed by atoms with Gasteiger partial charge in [-0.2, -0.15) is 12.6 Å². The number of aliphatic hydroxyl groups excluding tert-OH is 1. The maximum Gasteiger partial charge on any atom is 0.328 e. The summed E-state index contributed by atoms with van der Waals surface area (Å²) in [4.78, 5) is 48.0. The highest BCUT2D eigenvalue weighted by atomic mass is 32.1. The summed E-state index contributed by atoms with van der Waals surface area (Å²) in [5.74, 6) is -2.88. The van der Waals surface area contributed by atoms with Gasteiger partial charge in [-0.05, 0) is 12.8 Å². The molecule has 136 valence electrons. The molecule has 1 rings (SSSR count). The van der Waals surface area contributed by atoms with E-state index in [1.807, 2.05) is 0 Å². The van der Waals surface area contributed by atoms with E-state index < -0.39 is 48.4 Å². The van der Waals surface area contributed by atoms with E-state index in [-0.39, 0.29) is 12.3 Å². The lowest BCUT2D eigenvalue weighted by Crippen LogP contribution is -2.54. The molecule has 6 N–H and O–H groups in total. The Labute approximate surface area is 144 Å². The number of likely N-dealkylation sites (tertiary alicyclic amines) is 1. The number of aliphatic carboxylic acids is 1. The zero-order valence-electron chi connectivity index (χ0n) is 13.0. The first-order chi connectivity index (χ1) is 11.3. The van der Waals surface area contributed by atoms with E-state index in [1.54, 1.807) is 0 Å². The van der Waals surface area contributed by atoms with Gasteiger partial charge in [0.2, 0.25) is 17.7 Å². The molecular weight excluding hydrogens is 340 g/mol. The molecule has 0 aromatic heterocycles. The molecule has 0 radical (unpaired) electrons. The number of carboxylic acid groups (broad SMARTS) is 1. The van der Waals surface area contributed by atoms with Gasteiger partial charge in [0.25, 0.3) is 0 Å². The van der Waals surface area contributed by atoms with Crippen LogP contribution in [0.2, 0.25) is 0 Å². The van der Waals surface area contributed by atoms with E-state index in [4.69, 9.17) is 15.9 Å². The number of nitrogens with two attached hydrogens (primary N) is 1. The third kappa shape index (κ3) is 5.35. The summed E-state index contributed by atoms with van der Waals surface area (Å²) in [6.45, 7) is -0.742. The number of rotatable bonds is 8. The molecule has 0 spiro atoms. The van der Waals surface area contributed by atoms with Crippen LogP contribution in [0, 0.1) is 0 Å². The van der Waals surface area contributed by atoms with E-state index in [0.29, 0.717) is 19.4 Å². The number of amides is 3. The smallest absolute Gasteiger partial charge is 0.328 e. The van der Waals surface area contributed by atoms with Crippen molar-refractivity contribution in [3.05, 3.63) is 0 Å². The first kappa shape index (κ1) is 20.2. The molecule has 3 amide bonds. The van der Waals surface area contributed by atoms with Crippen molar-refractivity contribution in [3.8, 4) is 0 Å². The Balaban J connectivity index is 2.60. The second kappa shape index (κ2) is 9.45. The number of carbonyl (C=O) groups excluding carboxylic acids is 3. The van der Waals surface area contributed by atoms with Crippen LogP contribution in [0.4, 0.5) is 0 Å². The largest absolute Gasteiger partial charge is 0.480 e. The lowest BCUT2D eigenvalue weighted by Gasteiger charge is -2.25. The molecule has 0 bridgehead atoms. The Morgan fingerprint density at radius 1 is 1.33 bits per heavy atom. The number of hydrogen-bond donors (Lipinski definition) is 6. The lowest BCUT2D eigenvalue weighted by atomic mass is 10.2. The molecule has 0 saturated carbocycles. The molecule has 1 aliphatic rings. The second-order valence-electron chi connectivity index (χ2n) is 5.33. The van der Waals surface area contributed by atoms with E-state index in [1.165, 1.54) is 4.90 Å². The fourth-order valence-corrected chi connectivity index (χ4v) is 2.44. The molecule has 1 aliphatic heterocycles. The van der Waals surface area contributed by atoms with Gasteiger partial charge in [0.15, 0.2) is 0 Å². The van der Waals surface area contributed by atoms with Crippen LogP contribution in [0.25, 0.3) is 0 Å². The number of carboxylic acids is 1. The minimum absolute atomic E-state index is 0.131. The van der Waals surface area contributed by atoms with Crippen LogP contribution in [-0.2, 0) is 19.2 Å². The van der Waals surface area contributed by atoms with Gasteiger partial charge in [0, 0.05) is 12.3 Å². The van der Waals surface area contributed by atoms with E-state index in [2.05, 4.69) is 23.3 Å². The first-order valence-electron chi connectivity index (χ1n) is 7.39. The summed E-state index contributed by atoms with van der Waals surface area (Å²) in [6.07, 6.45) is 0.949. The molecule has 24 heavy (non-hydrogen) atoms. The van der Waals surface area contributed by atoms with Gasteiger partial charge < -0.3 is 31.5 Å². The number of thiol groups is 1. The Hall–Kier alpha value is -1.85. The Morgan fingerprint density at radius 2 is 2.00 bits per heavy atom. The quantitative estimate of drug-likeness (QED) is 0.249. The van der Waals surface area contributed by atoms with Gasteiger partial charge in [-0.1, -0.05) is 0 Å². The van der Waals surface area contributed by atoms with Crippen LogP contribution in [0.5, 0.6) is 0 Å². The van der Waals surface area contributed by atoms with Crippen molar-refractivity contribution >= 4 is 36.3 Å². The van der Waals surface area contributed by atoms with E-state index in [0.717, 1.165) is 0 Å². The molecule has 10 nitrogen and oxygen atoms in total. The molecule has 3 atom stereocenters. The molecule has 0 aromatic carbocycles. The molecule has 1 heterocycles. The zero-order chi connectivity index (χ0) is 18.3. The fourth-order valence-electron chi connectivity index (χ4n) is 2.27. The highest BCUT2D eigenvalue weighted by molar-refractivity contribution is 7.80. The van der Waals surface area contributed by atoms with Gasteiger partial charge >= 0.3 is 5.97 Å². The molecular formula is C13H22N4O6S. The van der Waals surface area contributed by atoms with Gasteiger partial charge in [0.05, 0.1) is 19.2 Å². The topological polar surface area (TPSA) is 162 Å². The number of nitrogens with zero attached hydrogens (tertiary/aromatic N) is 1. The third-order valence-electron chi connectivity index (χ3n) is 3.62. The normalized spacial score (nSPS) is 19.5. The predicted molar refractivity (Wildman–Crippen MR) is 86.2 cm³/mol. The SMILES string of the molecule is NC(CS)C(=O)NCC(=O)N1CCCC1C(=O)NC(CO)C(=O)O. The van der Waals surface area contributed by atoms with Gasteiger partial charge in [-0.3, -0.25) is 14.4 Å². The zero-order valence-corrected chi connectivity index (χ0v) is 13.9. The van der Waals surface area contributed by atoms with Gasteiger partial charge in [-0.15, -0.1) is 0 Å².